The molecule has 1 heterocycles. The number of aromatic nitrogens is 1. The predicted molar refractivity (Wildman–Crippen MR) is 168 cm³/mol. The van der Waals surface area contributed by atoms with Crippen LogP contribution in [0.1, 0.15) is 22.3 Å². The third kappa shape index (κ3) is 2.71. The van der Waals surface area contributed by atoms with E-state index < -0.39 is 5.41 Å². The summed E-state index contributed by atoms with van der Waals surface area (Å²) in [5.74, 6) is 0. The van der Waals surface area contributed by atoms with Crippen molar-refractivity contribution in [2.75, 3.05) is 0 Å². The Bertz CT molecular complexity index is 2220. The molecule has 0 spiro atoms. The lowest BCUT2D eigenvalue weighted by atomic mass is 9.67. The highest BCUT2D eigenvalue weighted by Gasteiger charge is 2.47. The minimum absolute atomic E-state index is 0.426. The van der Waals surface area contributed by atoms with E-state index in [2.05, 4.69) is 151 Å². The van der Waals surface area contributed by atoms with Crippen molar-refractivity contribution >= 4 is 43.4 Å². The molecule has 1 heteroatoms. The molecule has 0 saturated heterocycles. The molecule has 1 N–H and O–H groups in total. The fourth-order valence-electron chi connectivity index (χ4n) is 7.42. The first-order valence-electron chi connectivity index (χ1n) is 14.0. The molecule has 1 aliphatic rings. The molecule has 0 aliphatic heterocycles. The number of H-pyrrole nitrogens is 1. The summed E-state index contributed by atoms with van der Waals surface area (Å²) >= 11 is 0. The van der Waals surface area contributed by atoms with Crippen LogP contribution in [-0.2, 0) is 5.41 Å². The van der Waals surface area contributed by atoms with Crippen LogP contribution in [0.2, 0.25) is 0 Å². The summed E-state index contributed by atoms with van der Waals surface area (Å²) in [5.41, 5.74) is 9.86. The quantitative estimate of drug-likeness (QED) is 0.240. The molecule has 0 bridgehead atoms. The topological polar surface area (TPSA) is 15.8 Å². The van der Waals surface area contributed by atoms with Crippen LogP contribution in [0.15, 0.2) is 146 Å². The highest BCUT2D eigenvalue weighted by atomic mass is 14.7. The molecule has 0 amide bonds. The average molecular weight is 508 g/mol. The van der Waals surface area contributed by atoms with Crippen LogP contribution in [0.4, 0.5) is 0 Å². The highest BCUT2D eigenvalue weighted by Crippen LogP contribution is 2.58. The highest BCUT2D eigenvalue weighted by molar-refractivity contribution is 6.21. The van der Waals surface area contributed by atoms with Gasteiger partial charge in [-0.25, -0.2) is 0 Å². The second-order valence-corrected chi connectivity index (χ2v) is 11.0. The first-order valence-corrected chi connectivity index (χ1v) is 14.0. The van der Waals surface area contributed by atoms with Crippen LogP contribution in [0.5, 0.6) is 0 Å². The number of rotatable bonds is 2. The van der Waals surface area contributed by atoms with E-state index in [4.69, 9.17) is 0 Å². The van der Waals surface area contributed by atoms with Crippen molar-refractivity contribution in [3.63, 3.8) is 0 Å². The van der Waals surface area contributed by atoms with E-state index in [9.17, 15) is 0 Å². The van der Waals surface area contributed by atoms with Crippen LogP contribution in [0.25, 0.3) is 54.5 Å². The van der Waals surface area contributed by atoms with E-state index >= 15 is 0 Å². The fourth-order valence-corrected chi connectivity index (χ4v) is 7.42. The van der Waals surface area contributed by atoms with Gasteiger partial charge in [-0.05, 0) is 73.1 Å². The molecule has 1 aliphatic carbocycles. The van der Waals surface area contributed by atoms with E-state index in [1.165, 1.54) is 76.7 Å². The van der Waals surface area contributed by atoms with E-state index in [1.807, 2.05) is 0 Å². The monoisotopic (exact) mass is 507 g/mol. The Morgan fingerprint density at radius 1 is 0.425 bits per heavy atom. The fraction of sp³-hybridized carbons (Fsp3) is 0.0256. The molecule has 0 atom stereocenters. The van der Waals surface area contributed by atoms with Crippen molar-refractivity contribution in [3.05, 3.63) is 168 Å². The number of benzene rings is 7. The van der Waals surface area contributed by atoms with Gasteiger partial charge in [0.15, 0.2) is 0 Å². The molecule has 186 valence electrons. The van der Waals surface area contributed by atoms with Crippen molar-refractivity contribution in [2.24, 2.45) is 0 Å². The largest absolute Gasteiger partial charge is 0.354 e. The van der Waals surface area contributed by atoms with Gasteiger partial charge in [0.25, 0.3) is 0 Å². The van der Waals surface area contributed by atoms with Crippen molar-refractivity contribution in [2.45, 2.75) is 5.41 Å². The van der Waals surface area contributed by atoms with Crippen molar-refractivity contribution < 1.29 is 0 Å². The molecular weight excluding hydrogens is 482 g/mol. The van der Waals surface area contributed by atoms with E-state index in [-0.39, 0.29) is 0 Å². The molecule has 0 radical (unpaired) electrons. The molecule has 9 rings (SSSR count). The van der Waals surface area contributed by atoms with E-state index in [0.717, 1.165) is 0 Å². The van der Waals surface area contributed by atoms with Crippen LogP contribution in [-0.4, -0.2) is 4.98 Å². The normalized spacial score (nSPS) is 13.7. The van der Waals surface area contributed by atoms with Crippen LogP contribution in [0, 0.1) is 0 Å². The standard InChI is InChI=1S/C39H25N/c1-3-13-27(14-4-1)39(28-15-5-2-6-16-28)33-21-19-25-11-7-9-17-29(25)37(33)31-23-32-36(24-34(31)39)40-35-22-20-26-12-8-10-18-30(26)38(32)35/h1-24,40H. The van der Waals surface area contributed by atoms with Gasteiger partial charge in [-0.15, -0.1) is 0 Å². The van der Waals surface area contributed by atoms with Crippen molar-refractivity contribution in [3.8, 4) is 11.1 Å². The predicted octanol–water partition coefficient (Wildman–Crippen LogP) is 9.99. The Kier molecular flexibility index (Phi) is 4.32. The second kappa shape index (κ2) is 7.94. The lowest BCUT2D eigenvalue weighted by Gasteiger charge is -2.34. The Morgan fingerprint density at radius 3 is 1.75 bits per heavy atom. The molecular formula is C39H25N. The third-order valence-corrected chi connectivity index (χ3v) is 9.05. The first-order chi connectivity index (χ1) is 19.8. The zero-order valence-electron chi connectivity index (χ0n) is 21.9. The van der Waals surface area contributed by atoms with Gasteiger partial charge < -0.3 is 4.98 Å². The molecule has 0 fully saturated rings. The lowest BCUT2D eigenvalue weighted by molar-refractivity contribution is 0.770. The Hall–Kier alpha value is -5.14. The molecule has 7 aromatic carbocycles. The summed E-state index contributed by atoms with van der Waals surface area (Å²) in [7, 11) is 0. The molecule has 0 saturated carbocycles. The Balaban J connectivity index is 1.52. The summed E-state index contributed by atoms with van der Waals surface area (Å²) in [5, 5.41) is 7.72. The van der Waals surface area contributed by atoms with Gasteiger partial charge in [0.05, 0.1) is 5.41 Å². The molecule has 1 aromatic heterocycles. The summed E-state index contributed by atoms with van der Waals surface area (Å²) in [6, 6.07) is 53.7. The summed E-state index contributed by atoms with van der Waals surface area (Å²) in [4.78, 5) is 3.80. The Labute approximate surface area is 232 Å². The van der Waals surface area contributed by atoms with Crippen LogP contribution in [0.3, 0.4) is 0 Å². The molecule has 8 aromatic rings. The van der Waals surface area contributed by atoms with Gasteiger partial charge in [0.2, 0.25) is 0 Å². The lowest BCUT2D eigenvalue weighted by Crippen LogP contribution is -2.28. The number of fused-ring (bicyclic) bond motifs is 10. The molecule has 0 unspecified atom stereocenters. The van der Waals surface area contributed by atoms with Crippen LogP contribution < -0.4 is 0 Å². The number of aromatic amines is 1. The van der Waals surface area contributed by atoms with Gasteiger partial charge in [0, 0.05) is 21.8 Å². The molecule has 40 heavy (non-hydrogen) atoms. The second-order valence-electron chi connectivity index (χ2n) is 11.0. The van der Waals surface area contributed by atoms with Crippen molar-refractivity contribution in [1.82, 2.24) is 4.98 Å². The van der Waals surface area contributed by atoms with Gasteiger partial charge >= 0.3 is 0 Å². The summed E-state index contributed by atoms with van der Waals surface area (Å²) < 4.78 is 0. The zero-order chi connectivity index (χ0) is 26.3. The average Bonchev–Trinajstić information content (AvgIpc) is 3.54. The number of hydrogen-bond donors (Lipinski definition) is 1. The smallest absolute Gasteiger partial charge is 0.0714 e. The maximum absolute atomic E-state index is 3.80. The molecule has 1 nitrogen and oxygen atoms in total. The zero-order valence-corrected chi connectivity index (χ0v) is 21.9. The van der Waals surface area contributed by atoms with Crippen LogP contribution >= 0.6 is 0 Å². The maximum atomic E-state index is 3.80. The SMILES string of the molecule is c1ccc(C2(c3ccccc3)c3cc4[nH]c5ccc6ccccc6c5c4cc3-c3c2ccc2ccccc32)cc1. The Morgan fingerprint density at radius 2 is 1.02 bits per heavy atom. The van der Waals surface area contributed by atoms with Crippen molar-refractivity contribution in [1.29, 1.82) is 0 Å². The maximum Gasteiger partial charge on any atom is 0.0714 e. The van der Waals surface area contributed by atoms with Gasteiger partial charge in [-0.1, -0.05) is 127 Å². The number of hydrogen-bond acceptors (Lipinski definition) is 0. The minimum Gasteiger partial charge on any atom is -0.354 e. The third-order valence-electron chi connectivity index (χ3n) is 9.05. The van der Waals surface area contributed by atoms with E-state index in [1.54, 1.807) is 0 Å². The first kappa shape index (κ1) is 21.8. The summed E-state index contributed by atoms with van der Waals surface area (Å²) in [6.07, 6.45) is 0. The van der Waals surface area contributed by atoms with Gasteiger partial charge in [-0.2, -0.15) is 0 Å². The summed E-state index contributed by atoms with van der Waals surface area (Å²) in [6.45, 7) is 0. The van der Waals surface area contributed by atoms with Gasteiger partial charge in [-0.3, -0.25) is 0 Å². The number of nitrogens with one attached hydrogen (secondary N) is 1. The minimum atomic E-state index is -0.426. The van der Waals surface area contributed by atoms with E-state index in [0.29, 0.717) is 0 Å². The van der Waals surface area contributed by atoms with Gasteiger partial charge in [0.1, 0.15) is 0 Å².